The van der Waals surface area contributed by atoms with Crippen molar-refractivity contribution < 1.29 is 28.6 Å². The second-order valence-electron chi connectivity index (χ2n) is 11.1. The van der Waals surface area contributed by atoms with Gasteiger partial charge in [-0.3, -0.25) is 4.39 Å². The van der Waals surface area contributed by atoms with E-state index in [9.17, 15) is 4.39 Å². The zero-order valence-corrected chi connectivity index (χ0v) is 27.9. The van der Waals surface area contributed by atoms with Gasteiger partial charge in [0.2, 0.25) is 0 Å². The van der Waals surface area contributed by atoms with Crippen molar-refractivity contribution in [2.45, 2.75) is 46.3 Å². The van der Waals surface area contributed by atoms with Crippen molar-refractivity contribution >= 4 is 44.8 Å². The van der Waals surface area contributed by atoms with Crippen LogP contribution < -0.4 is 5.19 Å². The molecule has 0 aliphatic carbocycles. The van der Waals surface area contributed by atoms with E-state index in [2.05, 4.69) is 67.7 Å². The molecule has 0 saturated heterocycles. The number of hydrogen-bond donors (Lipinski definition) is 0. The van der Waals surface area contributed by atoms with Crippen molar-refractivity contribution in [2.75, 3.05) is 0 Å². The minimum atomic E-state index is -2.08. The van der Waals surface area contributed by atoms with Crippen molar-refractivity contribution in [2.24, 2.45) is 0 Å². The Bertz CT molecular complexity index is 1820. The minimum absolute atomic E-state index is 0. The van der Waals surface area contributed by atoms with Gasteiger partial charge in [0.15, 0.2) is 0 Å². The summed E-state index contributed by atoms with van der Waals surface area (Å²) < 4.78 is 38.5. The molecule has 6 heteroatoms. The summed E-state index contributed by atoms with van der Waals surface area (Å²) in [6, 6.07) is 28.6. The normalized spacial score (nSPS) is 12.7. The van der Waals surface area contributed by atoms with Gasteiger partial charge in [0.05, 0.1) is 8.07 Å². The van der Waals surface area contributed by atoms with Crippen molar-refractivity contribution in [1.82, 2.24) is 9.97 Å². The Hall–Kier alpha value is -3.02. The molecule has 3 aromatic heterocycles. The predicted molar refractivity (Wildman–Crippen MR) is 172 cm³/mol. The largest absolute Gasteiger partial charge is 0.305 e. The van der Waals surface area contributed by atoms with Gasteiger partial charge in [0, 0.05) is 47.1 Å². The van der Waals surface area contributed by atoms with Crippen molar-refractivity contribution in [3.63, 3.8) is 0 Å². The number of aromatic nitrogens is 2. The first kappa shape index (κ1) is 26.8. The van der Waals surface area contributed by atoms with Gasteiger partial charge in [-0.2, -0.15) is 11.3 Å². The number of thiophene rings is 1. The molecule has 41 heavy (non-hydrogen) atoms. The van der Waals surface area contributed by atoms with Crippen molar-refractivity contribution in [3.8, 4) is 22.5 Å². The average Bonchev–Trinajstić information content (AvgIpc) is 3.37. The van der Waals surface area contributed by atoms with Gasteiger partial charge in [-0.05, 0) is 50.1 Å². The fourth-order valence-corrected chi connectivity index (χ4v) is 6.70. The van der Waals surface area contributed by atoms with Crippen LogP contribution in [0.3, 0.4) is 0 Å². The number of nitrogens with zero attached hydrogens (tertiary/aromatic N) is 2. The predicted octanol–water partition coefficient (Wildman–Crippen LogP) is 9.58. The molecule has 6 rings (SSSR count). The summed E-state index contributed by atoms with van der Waals surface area (Å²) in [7, 11) is -1.34. The van der Waals surface area contributed by atoms with Crippen LogP contribution in [0.25, 0.3) is 42.7 Å². The maximum Gasteiger partial charge on any atom is 0.0795 e. The number of benzene rings is 3. The first-order valence-electron chi connectivity index (χ1n) is 14.8. The summed E-state index contributed by atoms with van der Waals surface area (Å²) in [6.07, 6.45) is 3.74. The van der Waals surface area contributed by atoms with E-state index < -0.39 is 14.9 Å². The third-order valence-corrected chi connectivity index (χ3v) is 10.0. The SMILES string of the molecule is CC(C)c1ccnc(-c2[c-]cc(F)c3c2sc2ccccc23)c1.[2H]C([2H])([2H])c1c[c-]c(-c2ccc([Si](C)(C)C)cn2)cc1.[Ir]. The number of aryl methyl sites for hydroxylation is 1. The molecule has 3 aromatic carbocycles. The number of pyridine rings is 2. The molecular weight excluding hydrogens is 720 g/mol. The standard InChI is InChI=1S/C20H15FNS.C15H18NSi.Ir/c1-12(2)13-9-10-22-17(11-13)14-7-8-16(21)19-15-5-3-4-6-18(15)23-20(14)19;1-12-5-7-13(8-6-12)15-10-9-14(11-16-15)17(2,3)4;/h3-6,8-12H,1-2H3;5-7,9-11H,1-4H3;/q2*-1;/i;1D3;. The van der Waals surface area contributed by atoms with E-state index >= 15 is 0 Å². The van der Waals surface area contributed by atoms with Crippen LogP contribution in [0.4, 0.5) is 4.39 Å². The second-order valence-corrected chi connectivity index (χ2v) is 17.2. The van der Waals surface area contributed by atoms with Crippen LogP contribution in [0, 0.1) is 24.8 Å². The average molecular weight is 756 g/mol. The fraction of sp³-hybridized carbons (Fsp3) is 0.200. The Morgan fingerprint density at radius 2 is 1.73 bits per heavy atom. The molecule has 0 fully saturated rings. The monoisotopic (exact) mass is 756 g/mol. The molecule has 0 aliphatic heterocycles. The molecule has 0 bridgehead atoms. The fourth-order valence-electron chi connectivity index (χ4n) is 4.45. The van der Waals surface area contributed by atoms with Crippen LogP contribution in [0.15, 0.2) is 85.2 Å². The second kappa shape index (κ2) is 12.9. The quantitative estimate of drug-likeness (QED) is 0.132. The molecule has 2 nitrogen and oxygen atoms in total. The summed E-state index contributed by atoms with van der Waals surface area (Å²) in [5, 5.41) is 2.94. The zero-order chi connectivity index (χ0) is 30.9. The van der Waals surface area contributed by atoms with Gasteiger partial charge < -0.3 is 9.97 Å². The van der Waals surface area contributed by atoms with Gasteiger partial charge in [-0.25, -0.2) is 0 Å². The van der Waals surface area contributed by atoms with E-state index in [1.54, 1.807) is 23.5 Å². The Labute approximate surface area is 265 Å². The van der Waals surface area contributed by atoms with E-state index in [0.29, 0.717) is 16.9 Å². The number of halogens is 1. The molecule has 0 saturated carbocycles. The molecule has 211 valence electrons. The van der Waals surface area contributed by atoms with Crippen LogP contribution in [0.1, 0.15) is 35.0 Å². The topological polar surface area (TPSA) is 25.8 Å². The van der Waals surface area contributed by atoms with Crippen LogP contribution >= 0.6 is 11.3 Å². The molecule has 0 atom stereocenters. The summed E-state index contributed by atoms with van der Waals surface area (Å²) in [6.45, 7) is 9.07. The number of fused-ring (bicyclic) bond motifs is 3. The summed E-state index contributed by atoms with van der Waals surface area (Å²) in [4.78, 5) is 8.97. The van der Waals surface area contributed by atoms with Gasteiger partial charge in [0.25, 0.3) is 0 Å². The van der Waals surface area contributed by atoms with E-state index in [-0.39, 0.29) is 25.9 Å². The van der Waals surface area contributed by atoms with Gasteiger partial charge in [-0.15, -0.1) is 53.1 Å². The third kappa shape index (κ3) is 6.90. The molecule has 1 radical (unpaired) electrons. The molecule has 6 aromatic rings. The summed E-state index contributed by atoms with van der Waals surface area (Å²) >= 11 is 1.60. The maximum absolute atomic E-state index is 14.4. The van der Waals surface area contributed by atoms with Gasteiger partial charge in [0.1, 0.15) is 0 Å². The Morgan fingerprint density at radius 1 is 0.927 bits per heavy atom. The van der Waals surface area contributed by atoms with Crippen LogP contribution in [0.5, 0.6) is 0 Å². The molecule has 0 N–H and O–H groups in total. The third-order valence-electron chi connectivity index (χ3n) is 6.83. The molecule has 0 amide bonds. The Morgan fingerprint density at radius 3 is 2.39 bits per heavy atom. The first-order valence-corrected chi connectivity index (χ1v) is 17.6. The van der Waals surface area contributed by atoms with Crippen LogP contribution in [-0.2, 0) is 20.1 Å². The van der Waals surface area contributed by atoms with Crippen LogP contribution in [0.2, 0.25) is 19.6 Å². The zero-order valence-electron chi connectivity index (χ0n) is 26.7. The van der Waals surface area contributed by atoms with Gasteiger partial charge >= 0.3 is 0 Å². The molecule has 0 unspecified atom stereocenters. The Kier molecular flexibility index (Phi) is 8.43. The van der Waals surface area contributed by atoms with Crippen LogP contribution in [-0.4, -0.2) is 18.0 Å². The van der Waals surface area contributed by atoms with Crippen molar-refractivity contribution in [3.05, 3.63) is 114 Å². The van der Waals surface area contributed by atoms with E-state index in [1.807, 2.05) is 48.8 Å². The van der Waals surface area contributed by atoms with E-state index in [0.717, 1.165) is 37.3 Å². The smallest absolute Gasteiger partial charge is 0.0795 e. The number of rotatable bonds is 4. The Balaban J connectivity index is 0.000000199. The summed E-state index contributed by atoms with van der Waals surface area (Å²) in [5.74, 6) is 0.205. The van der Waals surface area contributed by atoms with E-state index in [4.69, 9.17) is 4.11 Å². The number of hydrogen-bond acceptors (Lipinski definition) is 3. The van der Waals surface area contributed by atoms with E-state index in [1.165, 1.54) is 22.9 Å². The summed E-state index contributed by atoms with van der Waals surface area (Å²) in [5.41, 5.74) is 4.91. The molecule has 3 heterocycles. The van der Waals surface area contributed by atoms with Crippen molar-refractivity contribution in [1.29, 1.82) is 0 Å². The first-order chi connectivity index (χ1) is 20.3. The molecular formula is C35H33FIrN2SSi-2. The maximum atomic E-state index is 14.4. The molecule has 0 aliphatic rings. The van der Waals surface area contributed by atoms with Gasteiger partial charge in [-0.1, -0.05) is 82.3 Å². The molecule has 0 spiro atoms. The minimum Gasteiger partial charge on any atom is -0.305 e.